The third kappa shape index (κ3) is 3.97. The van der Waals surface area contributed by atoms with E-state index >= 15 is 0 Å². The zero-order valence-corrected chi connectivity index (χ0v) is 15.5. The van der Waals surface area contributed by atoms with Crippen LogP contribution < -0.4 is 0 Å². The van der Waals surface area contributed by atoms with Crippen molar-refractivity contribution in [3.05, 3.63) is 11.1 Å². The number of rotatable bonds is 7. The van der Waals surface area contributed by atoms with Gasteiger partial charge in [-0.1, -0.05) is 27.2 Å². The maximum absolute atomic E-state index is 14.0. The van der Waals surface area contributed by atoms with Crippen molar-refractivity contribution in [1.29, 1.82) is 0 Å². The van der Waals surface area contributed by atoms with Gasteiger partial charge in [-0.2, -0.15) is 8.78 Å². The van der Waals surface area contributed by atoms with Crippen molar-refractivity contribution < 1.29 is 23.5 Å². The van der Waals surface area contributed by atoms with Crippen LogP contribution in [0, 0.1) is 11.3 Å². The molecule has 0 bridgehead atoms. The average molecular weight is 384 g/mol. The number of carbonyl (C=O) groups excluding carboxylic acids is 1. The Labute approximate surface area is 149 Å². The van der Waals surface area contributed by atoms with Crippen LogP contribution in [0.2, 0.25) is 0 Å². The summed E-state index contributed by atoms with van der Waals surface area (Å²) in [5.74, 6) is -1.59. The SMILES string of the molecule is CCCC1=NC(C(F)(F)Cl)C(C)(C(=O)O)C(CC(C)C)=C1C(=O)Cl. The standard InChI is InChI=1S/C16H21Cl2F2NO3/c1-5-6-10-11(12(17)22)9(7-8(2)3)15(4,14(23)24)13(21-10)16(18,19)20/h8,13H,5-7H2,1-4H3,(H,23,24). The van der Waals surface area contributed by atoms with Gasteiger partial charge in [0.25, 0.3) is 5.24 Å². The lowest BCUT2D eigenvalue weighted by molar-refractivity contribution is -0.150. The number of aliphatic imine (C=N–C) groups is 1. The van der Waals surface area contributed by atoms with Crippen molar-refractivity contribution in [3.8, 4) is 0 Å². The van der Waals surface area contributed by atoms with Gasteiger partial charge >= 0.3 is 11.4 Å². The number of dihydropyridines is 1. The number of carboxylic acid groups (broad SMARTS) is 1. The van der Waals surface area contributed by atoms with Crippen LogP contribution in [0.15, 0.2) is 16.1 Å². The number of halogens is 4. The summed E-state index contributed by atoms with van der Waals surface area (Å²) in [4.78, 5) is 27.7. The summed E-state index contributed by atoms with van der Waals surface area (Å²) in [6, 6.07) is -2.01. The molecule has 24 heavy (non-hydrogen) atoms. The molecular formula is C16H21Cl2F2NO3. The monoisotopic (exact) mass is 383 g/mol. The van der Waals surface area contributed by atoms with Crippen LogP contribution in [0.3, 0.4) is 0 Å². The quantitative estimate of drug-likeness (QED) is 0.514. The molecule has 136 valence electrons. The van der Waals surface area contributed by atoms with E-state index in [0.717, 1.165) is 6.92 Å². The molecule has 0 spiro atoms. The minimum absolute atomic E-state index is 0.0608. The summed E-state index contributed by atoms with van der Waals surface area (Å²) in [5, 5.41) is 4.91. The normalized spacial score (nSPS) is 25.0. The lowest BCUT2D eigenvalue weighted by atomic mass is 9.68. The predicted octanol–water partition coefficient (Wildman–Crippen LogP) is 4.64. The number of allylic oxidation sites excluding steroid dienone is 1. The molecule has 0 aromatic carbocycles. The predicted molar refractivity (Wildman–Crippen MR) is 90.0 cm³/mol. The molecule has 0 aromatic rings. The fraction of sp³-hybridized carbons (Fsp3) is 0.688. The van der Waals surface area contributed by atoms with E-state index in [4.69, 9.17) is 23.2 Å². The van der Waals surface area contributed by atoms with Gasteiger partial charge in [0.05, 0.1) is 5.57 Å². The zero-order valence-electron chi connectivity index (χ0n) is 14.0. The van der Waals surface area contributed by atoms with Gasteiger partial charge in [-0.05, 0) is 54.5 Å². The summed E-state index contributed by atoms with van der Waals surface area (Å²) in [6.45, 7) is 6.51. The second-order valence-electron chi connectivity index (χ2n) is 6.50. The van der Waals surface area contributed by atoms with Gasteiger partial charge in [0.2, 0.25) is 0 Å². The van der Waals surface area contributed by atoms with Crippen LogP contribution in [0.25, 0.3) is 0 Å². The smallest absolute Gasteiger partial charge is 0.345 e. The molecule has 0 aromatic heterocycles. The first-order valence-electron chi connectivity index (χ1n) is 7.67. The van der Waals surface area contributed by atoms with Gasteiger partial charge in [-0.15, -0.1) is 0 Å². The van der Waals surface area contributed by atoms with E-state index in [1.54, 1.807) is 20.8 Å². The van der Waals surface area contributed by atoms with Crippen LogP contribution >= 0.6 is 23.2 Å². The largest absolute Gasteiger partial charge is 0.481 e. The van der Waals surface area contributed by atoms with Gasteiger partial charge in [-0.25, -0.2) is 0 Å². The molecule has 1 aliphatic heterocycles. The Balaban J connectivity index is 3.79. The molecule has 0 fully saturated rings. The second-order valence-corrected chi connectivity index (χ2v) is 7.35. The van der Waals surface area contributed by atoms with Crippen LogP contribution in [-0.4, -0.2) is 33.5 Å². The maximum Gasteiger partial charge on any atom is 0.345 e. The van der Waals surface area contributed by atoms with E-state index in [1.807, 2.05) is 0 Å². The number of hydrogen-bond donors (Lipinski definition) is 1. The van der Waals surface area contributed by atoms with Crippen molar-refractivity contribution in [1.82, 2.24) is 0 Å². The van der Waals surface area contributed by atoms with Gasteiger partial charge in [0, 0.05) is 5.71 Å². The van der Waals surface area contributed by atoms with Crippen LogP contribution in [0.1, 0.15) is 47.0 Å². The molecule has 0 saturated carbocycles. The van der Waals surface area contributed by atoms with Crippen molar-refractivity contribution in [2.45, 2.75) is 58.4 Å². The fourth-order valence-corrected chi connectivity index (χ4v) is 3.47. The summed E-state index contributed by atoms with van der Waals surface area (Å²) in [7, 11) is 0. The minimum Gasteiger partial charge on any atom is -0.481 e. The molecule has 1 aliphatic rings. The van der Waals surface area contributed by atoms with Crippen LogP contribution in [0.5, 0.6) is 0 Å². The van der Waals surface area contributed by atoms with E-state index in [-0.39, 0.29) is 35.6 Å². The lowest BCUT2D eigenvalue weighted by Crippen LogP contribution is -2.52. The van der Waals surface area contributed by atoms with Gasteiger partial charge in [-0.3, -0.25) is 14.6 Å². The Morgan fingerprint density at radius 2 is 1.96 bits per heavy atom. The highest BCUT2D eigenvalue weighted by atomic mass is 35.5. The molecule has 0 saturated heterocycles. The Kier molecular flexibility index (Phi) is 6.56. The Morgan fingerprint density at radius 3 is 2.29 bits per heavy atom. The summed E-state index contributed by atoms with van der Waals surface area (Å²) < 4.78 is 27.9. The molecule has 1 N–H and O–H groups in total. The lowest BCUT2D eigenvalue weighted by Gasteiger charge is -2.41. The second kappa shape index (κ2) is 7.48. The first-order chi connectivity index (χ1) is 10.9. The van der Waals surface area contributed by atoms with E-state index in [1.165, 1.54) is 0 Å². The highest BCUT2D eigenvalue weighted by Gasteiger charge is 2.59. The summed E-state index contributed by atoms with van der Waals surface area (Å²) >= 11 is 10.9. The van der Waals surface area contributed by atoms with Crippen LogP contribution in [0.4, 0.5) is 8.78 Å². The number of aliphatic carboxylic acids is 1. The third-order valence-corrected chi connectivity index (χ3v) is 4.49. The molecule has 2 atom stereocenters. The topological polar surface area (TPSA) is 66.7 Å². The van der Waals surface area contributed by atoms with Crippen LogP contribution in [-0.2, 0) is 9.59 Å². The molecule has 4 nitrogen and oxygen atoms in total. The maximum atomic E-state index is 14.0. The number of hydrogen-bond acceptors (Lipinski definition) is 3. The zero-order chi connectivity index (χ0) is 18.9. The first-order valence-corrected chi connectivity index (χ1v) is 8.43. The van der Waals surface area contributed by atoms with E-state index in [2.05, 4.69) is 4.99 Å². The molecular weight excluding hydrogens is 363 g/mol. The van der Waals surface area contributed by atoms with Crippen molar-refractivity contribution >= 4 is 40.1 Å². The highest BCUT2D eigenvalue weighted by molar-refractivity contribution is 6.71. The molecule has 1 heterocycles. The summed E-state index contributed by atoms with van der Waals surface area (Å²) in [6.07, 6.45) is 0.892. The molecule has 8 heteroatoms. The number of carboxylic acids is 1. The minimum atomic E-state index is -3.88. The number of carbonyl (C=O) groups is 2. The molecule has 0 radical (unpaired) electrons. The Hall–Kier alpha value is -1.01. The van der Waals surface area contributed by atoms with E-state index in [9.17, 15) is 23.5 Å². The van der Waals surface area contributed by atoms with Gasteiger partial charge in [0.15, 0.2) is 0 Å². The highest BCUT2D eigenvalue weighted by Crippen LogP contribution is 2.49. The number of alkyl halides is 3. The molecule has 0 amide bonds. The van der Waals surface area contributed by atoms with Crippen molar-refractivity contribution in [3.63, 3.8) is 0 Å². The Bertz CT molecular complexity index is 597. The fourth-order valence-electron chi connectivity index (χ4n) is 2.98. The first kappa shape index (κ1) is 21.0. The van der Waals surface area contributed by atoms with E-state index in [0.29, 0.717) is 6.42 Å². The average Bonchev–Trinajstić information content (AvgIpc) is 2.39. The molecule has 2 unspecified atom stereocenters. The summed E-state index contributed by atoms with van der Waals surface area (Å²) in [5.41, 5.74) is -2.02. The molecule has 1 rings (SSSR count). The third-order valence-electron chi connectivity index (χ3n) is 4.10. The van der Waals surface area contributed by atoms with E-state index < -0.39 is 28.1 Å². The Morgan fingerprint density at radius 1 is 1.42 bits per heavy atom. The van der Waals surface area contributed by atoms with Crippen molar-refractivity contribution in [2.24, 2.45) is 16.3 Å². The van der Waals surface area contributed by atoms with Crippen molar-refractivity contribution in [2.75, 3.05) is 0 Å². The molecule has 0 aliphatic carbocycles. The van der Waals surface area contributed by atoms with Gasteiger partial charge in [0.1, 0.15) is 11.5 Å². The van der Waals surface area contributed by atoms with Gasteiger partial charge < -0.3 is 5.11 Å². The number of nitrogens with zero attached hydrogens (tertiary/aromatic N) is 1.